The molecule has 0 aromatic heterocycles. The molecule has 0 saturated heterocycles. The molecule has 1 aromatic carbocycles. The third-order valence-electron chi connectivity index (χ3n) is 2.64. The van der Waals surface area contributed by atoms with Crippen molar-refractivity contribution in [2.45, 2.75) is 32.9 Å². The minimum absolute atomic E-state index is 0.146. The molecule has 0 radical (unpaired) electrons. The summed E-state index contributed by atoms with van der Waals surface area (Å²) in [7, 11) is 1.63. The number of hydrogen-bond donors (Lipinski definition) is 2. The molecule has 3 N–H and O–H groups in total. The Kier molecular flexibility index (Phi) is 5.82. The number of nitrogens with two attached hydrogens (primary N) is 1. The molecular weight excluding hydrogens is 228 g/mol. The van der Waals surface area contributed by atoms with Crippen LogP contribution >= 0.6 is 0 Å². The molecule has 0 saturated carbocycles. The number of nitrogens with one attached hydrogen (secondary N) is 1. The highest BCUT2D eigenvalue weighted by atomic mass is 16.5. The van der Waals surface area contributed by atoms with Gasteiger partial charge in [-0.1, -0.05) is 32.0 Å². The van der Waals surface area contributed by atoms with Gasteiger partial charge in [-0.25, -0.2) is 0 Å². The van der Waals surface area contributed by atoms with E-state index in [1.165, 1.54) is 0 Å². The fourth-order valence-corrected chi connectivity index (χ4v) is 1.76. The highest BCUT2D eigenvalue weighted by Gasteiger charge is 2.16. The molecule has 0 fully saturated rings. The van der Waals surface area contributed by atoms with E-state index in [0.29, 0.717) is 18.9 Å². The second-order valence-electron chi connectivity index (χ2n) is 4.82. The summed E-state index contributed by atoms with van der Waals surface area (Å²) in [6, 6.07) is 7.10. The molecular formula is C14H22N2O2. The molecule has 0 unspecified atom stereocenters. The van der Waals surface area contributed by atoms with Gasteiger partial charge in [-0.15, -0.1) is 0 Å². The Labute approximate surface area is 109 Å². The number of carbonyl (C=O) groups is 1. The molecule has 4 heteroatoms. The Hall–Kier alpha value is -1.39. The Morgan fingerprint density at radius 1 is 1.39 bits per heavy atom. The predicted molar refractivity (Wildman–Crippen MR) is 73.2 cm³/mol. The van der Waals surface area contributed by atoms with E-state index in [1.54, 1.807) is 7.11 Å². The highest BCUT2D eigenvalue weighted by molar-refractivity contribution is 5.95. The predicted octanol–water partition coefficient (Wildman–Crippen LogP) is 2.14. The zero-order valence-electron chi connectivity index (χ0n) is 11.3. The van der Waals surface area contributed by atoms with Crippen LogP contribution in [0.2, 0.25) is 0 Å². The Morgan fingerprint density at radius 2 is 2.06 bits per heavy atom. The van der Waals surface area contributed by atoms with Crippen LogP contribution in [-0.4, -0.2) is 19.1 Å². The molecule has 1 amide bonds. The molecule has 0 aliphatic rings. The molecule has 4 nitrogen and oxygen atoms in total. The number of benzene rings is 1. The van der Waals surface area contributed by atoms with Gasteiger partial charge in [0.05, 0.1) is 12.6 Å². The monoisotopic (exact) mass is 250 g/mol. The van der Waals surface area contributed by atoms with Crippen molar-refractivity contribution < 1.29 is 9.53 Å². The minimum atomic E-state index is -0.472. The van der Waals surface area contributed by atoms with Crippen LogP contribution in [0, 0.1) is 5.92 Å². The largest absolute Gasteiger partial charge is 0.380 e. The van der Waals surface area contributed by atoms with Crippen LogP contribution in [0.3, 0.4) is 0 Å². The third kappa shape index (κ3) is 4.47. The summed E-state index contributed by atoms with van der Waals surface area (Å²) in [6.07, 6.45) is 0.679. The molecule has 1 atom stereocenters. The summed E-state index contributed by atoms with van der Waals surface area (Å²) < 4.78 is 5.09. The van der Waals surface area contributed by atoms with Crippen LogP contribution in [0.25, 0.3) is 0 Å². The van der Waals surface area contributed by atoms with Crippen molar-refractivity contribution in [3.05, 3.63) is 29.8 Å². The van der Waals surface area contributed by atoms with E-state index < -0.39 is 6.04 Å². The van der Waals surface area contributed by atoms with Crippen LogP contribution in [0.5, 0.6) is 0 Å². The maximum Gasteiger partial charge on any atom is 0.241 e. The molecule has 0 heterocycles. The third-order valence-corrected chi connectivity index (χ3v) is 2.64. The van der Waals surface area contributed by atoms with E-state index in [0.717, 1.165) is 11.3 Å². The first-order valence-electron chi connectivity index (χ1n) is 6.18. The average molecular weight is 250 g/mol. The molecule has 18 heavy (non-hydrogen) atoms. The number of methoxy groups -OCH3 is 1. The summed E-state index contributed by atoms with van der Waals surface area (Å²) in [5, 5.41) is 2.86. The number of carbonyl (C=O) groups excluding carboxylic acids is 1. The summed E-state index contributed by atoms with van der Waals surface area (Å²) >= 11 is 0. The van der Waals surface area contributed by atoms with E-state index in [2.05, 4.69) is 5.32 Å². The van der Waals surface area contributed by atoms with Crippen LogP contribution in [0.15, 0.2) is 24.3 Å². The van der Waals surface area contributed by atoms with Gasteiger partial charge < -0.3 is 15.8 Å². The lowest BCUT2D eigenvalue weighted by Gasteiger charge is -2.16. The second-order valence-corrected chi connectivity index (χ2v) is 4.82. The van der Waals surface area contributed by atoms with Gasteiger partial charge >= 0.3 is 0 Å². The molecule has 1 rings (SSSR count). The van der Waals surface area contributed by atoms with E-state index in [1.807, 2.05) is 38.1 Å². The van der Waals surface area contributed by atoms with Gasteiger partial charge in [0, 0.05) is 18.4 Å². The zero-order valence-corrected chi connectivity index (χ0v) is 11.3. The quantitative estimate of drug-likeness (QED) is 0.813. The van der Waals surface area contributed by atoms with Crippen LogP contribution in [0.4, 0.5) is 5.69 Å². The number of hydrogen-bond acceptors (Lipinski definition) is 3. The Bertz CT molecular complexity index is 391. The lowest BCUT2D eigenvalue weighted by Crippen LogP contribution is -2.36. The van der Waals surface area contributed by atoms with Gasteiger partial charge in [-0.2, -0.15) is 0 Å². The molecule has 0 spiro atoms. The van der Waals surface area contributed by atoms with Crippen molar-refractivity contribution in [2.75, 3.05) is 12.4 Å². The zero-order chi connectivity index (χ0) is 13.5. The van der Waals surface area contributed by atoms with Crippen LogP contribution < -0.4 is 11.1 Å². The SMILES string of the molecule is COCc1ccccc1NC(=O)[C@H](N)CC(C)C. The van der Waals surface area contributed by atoms with Crippen molar-refractivity contribution in [1.82, 2.24) is 0 Å². The maximum absolute atomic E-state index is 11.9. The van der Waals surface area contributed by atoms with Gasteiger partial charge in [-0.3, -0.25) is 4.79 Å². The average Bonchev–Trinajstić information content (AvgIpc) is 2.31. The smallest absolute Gasteiger partial charge is 0.241 e. The molecule has 0 aliphatic carbocycles. The Balaban J connectivity index is 2.69. The minimum Gasteiger partial charge on any atom is -0.380 e. The van der Waals surface area contributed by atoms with Crippen molar-refractivity contribution >= 4 is 11.6 Å². The molecule has 1 aromatic rings. The van der Waals surface area contributed by atoms with Crippen molar-refractivity contribution in [3.8, 4) is 0 Å². The van der Waals surface area contributed by atoms with Crippen molar-refractivity contribution in [1.29, 1.82) is 0 Å². The number of para-hydroxylation sites is 1. The van der Waals surface area contributed by atoms with Gasteiger partial charge in [0.1, 0.15) is 0 Å². The standard InChI is InChI=1S/C14H22N2O2/c1-10(2)8-12(15)14(17)16-13-7-5-4-6-11(13)9-18-3/h4-7,10,12H,8-9,15H2,1-3H3,(H,16,17)/t12-/m1/s1. The molecule has 0 aliphatic heterocycles. The second kappa shape index (κ2) is 7.13. The normalized spacial score (nSPS) is 12.5. The summed E-state index contributed by atoms with van der Waals surface area (Å²) in [5.41, 5.74) is 7.56. The van der Waals surface area contributed by atoms with Gasteiger partial charge in [0.15, 0.2) is 0 Å². The van der Waals surface area contributed by atoms with Crippen molar-refractivity contribution in [2.24, 2.45) is 11.7 Å². The molecule has 100 valence electrons. The van der Waals surface area contributed by atoms with E-state index >= 15 is 0 Å². The number of ether oxygens (including phenoxy) is 1. The Morgan fingerprint density at radius 3 is 2.67 bits per heavy atom. The first-order chi connectivity index (χ1) is 8.54. The topological polar surface area (TPSA) is 64.3 Å². The number of amides is 1. The fraction of sp³-hybridized carbons (Fsp3) is 0.500. The fourth-order valence-electron chi connectivity index (χ4n) is 1.76. The van der Waals surface area contributed by atoms with E-state index in [-0.39, 0.29) is 5.91 Å². The summed E-state index contributed by atoms with van der Waals surface area (Å²) in [6.45, 7) is 4.56. The summed E-state index contributed by atoms with van der Waals surface area (Å²) in [4.78, 5) is 11.9. The van der Waals surface area contributed by atoms with E-state index in [9.17, 15) is 4.79 Å². The highest BCUT2D eigenvalue weighted by Crippen LogP contribution is 2.16. The van der Waals surface area contributed by atoms with Crippen LogP contribution in [0.1, 0.15) is 25.8 Å². The summed E-state index contributed by atoms with van der Waals surface area (Å²) in [5.74, 6) is 0.257. The lowest BCUT2D eigenvalue weighted by atomic mass is 10.0. The number of rotatable bonds is 6. The first-order valence-corrected chi connectivity index (χ1v) is 6.18. The lowest BCUT2D eigenvalue weighted by molar-refractivity contribution is -0.117. The van der Waals surface area contributed by atoms with Gasteiger partial charge in [-0.05, 0) is 18.4 Å². The van der Waals surface area contributed by atoms with Crippen LogP contribution in [-0.2, 0) is 16.1 Å². The van der Waals surface area contributed by atoms with Gasteiger partial charge in [0.25, 0.3) is 0 Å². The van der Waals surface area contributed by atoms with Gasteiger partial charge in [0.2, 0.25) is 5.91 Å². The first kappa shape index (κ1) is 14.7. The number of anilines is 1. The van der Waals surface area contributed by atoms with Crippen molar-refractivity contribution in [3.63, 3.8) is 0 Å². The maximum atomic E-state index is 11.9. The van der Waals surface area contributed by atoms with E-state index in [4.69, 9.17) is 10.5 Å². The molecule has 0 bridgehead atoms.